The Morgan fingerprint density at radius 2 is 1.79 bits per heavy atom. The van der Waals surface area contributed by atoms with E-state index in [1.165, 1.54) is 11.3 Å². The van der Waals surface area contributed by atoms with Gasteiger partial charge in [0.15, 0.2) is 0 Å². The Kier molecular flexibility index (Phi) is 8.76. The Bertz CT molecular complexity index is 799. The predicted octanol–water partition coefficient (Wildman–Crippen LogP) is 4.43. The van der Waals surface area contributed by atoms with E-state index in [1.54, 1.807) is 0 Å². The van der Waals surface area contributed by atoms with Gasteiger partial charge in [0.2, 0.25) is 0 Å². The van der Waals surface area contributed by atoms with Crippen LogP contribution in [0.25, 0.3) is 10.6 Å². The van der Waals surface area contributed by atoms with E-state index in [1.807, 2.05) is 43.0 Å². The molecule has 1 amide bonds. The molecule has 2 aromatic rings. The van der Waals surface area contributed by atoms with Gasteiger partial charge in [-0.1, -0.05) is 0 Å². The minimum atomic E-state index is 0. The predicted molar refractivity (Wildman–Crippen MR) is 123 cm³/mol. The van der Waals surface area contributed by atoms with E-state index in [0.29, 0.717) is 6.61 Å². The summed E-state index contributed by atoms with van der Waals surface area (Å²) < 4.78 is 5.50. The van der Waals surface area contributed by atoms with Gasteiger partial charge in [-0.3, -0.25) is 4.79 Å². The van der Waals surface area contributed by atoms with Gasteiger partial charge in [0.1, 0.15) is 15.6 Å². The van der Waals surface area contributed by atoms with Crippen LogP contribution in [0, 0.1) is 18.8 Å². The second kappa shape index (κ2) is 10.6. The molecule has 2 aliphatic heterocycles. The van der Waals surface area contributed by atoms with Crippen LogP contribution in [0.15, 0.2) is 24.3 Å². The van der Waals surface area contributed by atoms with Crippen molar-refractivity contribution < 1.29 is 9.53 Å². The Morgan fingerprint density at radius 1 is 1.17 bits per heavy atom. The highest BCUT2D eigenvalue weighted by Gasteiger charge is 2.32. The van der Waals surface area contributed by atoms with E-state index in [0.717, 1.165) is 77.7 Å². The Labute approximate surface area is 189 Å². The van der Waals surface area contributed by atoms with E-state index < -0.39 is 0 Å². The lowest BCUT2D eigenvalue weighted by atomic mass is 9.92. The average molecular weight is 458 g/mol. The van der Waals surface area contributed by atoms with E-state index in [2.05, 4.69) is 10.3 Å². The summed E-state index contributed by atoms with van der Waals surface area (Å²) in [6, 6.07) is 7.94. The average Bonchev–Trinajstić information content (AvgIpc) is 3.23. The number of fused-ring (bicyclic) bond motifs is 1. The zero-order valence-corrected chi connectivity index (χ0v) is 19.3. The number of nitrogens with one attached hydrogen (secondary N) is 1. The lowest BCUT2D eigenvalue weighted by molar-refractivity contribution is 0.0762. The highest BCUT2D eigenvalue weighted by Crippen LogP contribution is 2.32. The molecule has 2 aliphatic rings. The van der Waals surface area contributed by atoms with E-state index >= 15 is 0 Å². The van der Waals surface area contributed by atoms with Crippen LogP contribution in [0.4, 0.5) is 0 Å². The number of aromatic nitrogens is 1. The molecular weight excluding hydrogens is 429 g/mol. The minimum absolute atomic E-state index is 0. The second-order valence-electron chi connectivity index (χ2n) is 7.44. The van der Waals surface area contributed by atoms with Crippen molar-refractivity contribution in [2.75, 3.05) is 32.8 Å². The van der Waals surface area contributed by atoms with Crippen molar-refractivity contribution in [1.82, 2.24) is 15.2 Å². The Morgan fingerprint density at radius 3 is 2.38 bits per heavy atom. The molecule has 0 saturated carbocycles. The first-order chi connectivity index (χ1) is 13.2. The molecule has 5 nitrogen and oxygen atoms in total. The summed E-state index contributed by atoms with van der Waals surface area (Å²) >= 11 is 1.51. The molecule has 160 valence electrons. The highest BCUT2D eigenvalue weighted by molar-refractivity contribution is 7.17. The highest BCUT2D eigenvalue weighted by atomic mass is 35.5. The number of nitrogens with zero attached hydrogens (tertiary/aromatic N) is 2. The summed E-state index contributed by atoms with van der Waals surface area (Å²) in [7, 11) is 0. The van der Waals surface area contributed by atoms with E-state index in [4.69, 9.17) is 4.74 Å². The van der Waals surface area contributed by atoms with Crippen LogP contribution in [0.3, 0.4) is 0 Å². The first kappa shape index (κ1) is 23.9. The summed E-state index contributed by atoms with van der Waals surface area (Å²) in [5, 5.41) is 4.39. The van der Waals surface area contributed by atoms with Crippen LogP contribution < -0.4 is 10.1 Å². The fraction of sp³-hybridized carbons (Fsp3) is 0.524. The number of benzene rings is 1. The fourth-order valence-corrected chi connectivity index (χ4v) is 5.18. The monoisotopic (exact) mass is 457 g/mol. The van der Waals surface area contributed by atoms with Gasteiger partial charge in [-0.15, -0.1) is 36.2 Å². The molecule has 8 heteroatoms. The minimum Gasteiger partial charge on any atom is -0.494 e. The molecule has 2 saturated heterocycles. The molecule has 1 aromatic heterocycles. The van der Waals surface area contributed by atoms with Gasteiger partial charge in [0.05, 0.1) is 12.3 Å². The summed E-state index contributed by atoms with van der Waals surface area (Å²) in [4.78, 5) is 20.6. The number of rotatable bonds is 4. The number of halogens is 2. The second-order valence-corrected chi connectivity index (χ2v) is 8.44. The van der Waals surface area contributed by atoms with Crippen molar-refractivity contribution in [1.29, 1.82) is 0 Å². The van der Waals surface area contributed by atoms with Crippen LogP contribution in [0.5, 0.6) is 5.75 Å². The molecule has 4 rings (SSSR count). The molecule has 1 N–H and O–H groups in total. The molecule has 2 atom stereocenters. The van der Waals surface area contributed by atoms with Crippen molar-refractivity contribution >= 4 is 42.1 Å². The van der Waals surface area contributed by atoms with E-state index in [-0.39, 0.29) is 30.7 Å². The zero-order chi connectivity index (χ0) is 18.8. The van der Waals surface area contributed by atoms with Gasteiger partial charge in [0, 0.05) is 18.7 Å². The van der Waals surface area contributed by atoms with Gasteiger partial charge >= 0.3 is 0 Å². The summed E-state index contributed by atoms with van der Waals surface area (Å²) in [5.74, 6) is 2.46. The molecule has 0 aliphatic carbocycles. The normalized spacial score (nSPS) is 20.8. The van der Waals surface area contributed by atoms with Crippen molar-refractivity contribution in [3.8, 4) is 16.3 Å². The van der Waals surface area contributed by atoms with Crippen molar-refractivity contribution in [2.45, 2.75) is 26.7 Å². The van der Waals surface area contributed by atoms with Crippen molar-refractivity contribution in [2.24, 2.45) is 11.8 Å². The summed E-state index contributed by atoms with van der Waals surface area (Å²) in [5.41, 5.74) is 1.86. The molecule has 0 bridgehead atoms. The first-order valence-electron chi connectivity index (χ1n) is 9.86. The van der Waals surface area contributed by atoms with Crippen LogP contribution in [0.1, 0.15) is 35.1 Å². The molecule has 2 fully saturated rings. The number of hydrogen-bond donors (Lipinski definition) is 1. The number of aryl methyl sites for hydroxylation is 1. The van der Waals surface area contributed by atoms with Crippen LogP contribution in [-0.4, -0.2) is 48.6 Å². The number of amides is 1. The largest absolute Gasteiger partial charge is 0.494 e. The van der Waals surface area contributed by atoms with Crippen LogP contribution in [-0.2, 0) is 0 Å². The van der Waals surface area contributed by atoms with Gasteiger partial charge in [-0.2, -0.15) is 0 Å². The molecule has 0 unspecified atom stereocenters. The molecule has 0 spiro atoms. The number of carbonyl (C=O) groups is 1. The van der Waals surface area contributed by atoms with Gasteiger partial charge in [0.25, 0.3) is 5.91 Å². The fourth-order valence-electron chi connectivity index (χ4n) is 4.14. The number of hydrogen-bond acceptors (Lipinski definition) is 5. The molecule has 1 aromatic carbocycles. The molecule has 3 heterocycles. The standard InChI is InChI=1S/C21H27N3O2S.2ClH/c1-3-26-18-6-4-15(5-7-18)20-23-14(2)19(27-20)21(25)24-10-8-16-12-22-13-17(16)9-11-24;;/h4-7,16-17,22H,3,8-13H2,1-2H3;2*1H/t16-,17+;;. The lowest BCUT2D eigenvalue weighted by Gasteiger charge is -2.20. The zero-order valence-electron chi connectivity index (χ0n) is 16.8. The molecule has 29 heavy (non-hydrogen) atoms. The van der Waals surface area contributed by atoms with Gasteiger partial charge < -0.3 is 15.0 Å². The van der Waals surface area contributed by atoms with E-state index in [9.17, 15) is 4.79 Å². The number of likely N-dealkylation sites (tertiary alicyclic amines) is 1. The number of ether oxygens (including phenoxy) is 1. The summed E-state index contributed by atoms with van der Waals surface area (Å²) in [6.45, 7) is 8.50. The van der Waals surface area contributed by atoms with Crippen molar-refractivity contribution in [3.05, 3.63) is 34.8 Å². The van der Waals surface area contributed by atoms with Gasteiger partial charge in [-0.25, -0.2) is 4.98 Å². The Balaban J connectivity index is 0.00000150. The lowest BCUT2D eigenvalue weighted by Crippen LogP contribution is -2.32. The number of carbonyl (C=O) groups excluding carboxylic acids is 1. The quantitative estimate of drug-likeness (QED) is 0.737. The SMILES string of the molecule is CCOc1ccc(-c2nc(C)c(C(=O)N3CC[C@@H]4CNC[C@@H]4CC3)s2)cc1.Cl.Cl. The topological polar surface area (TPSA) is 54.5 Å². The molecule has 0 radical (unpaired) electrons. The maximum absolute atomic E-state index is 13.1. The van der Waals surface area contributed by atoms with Crippen LogP contribution in [0.2, 0.25) is 0 Å². The number of thiazole rings is 1. The third-order valence-electron chi connectivity index (χ3n) is 5.71. The Hall–Kier alpha value is -1.34. The van der Waals surface area contributed by atoms with Crippen LogP contribution >= 0.6 is 36.2 Å². The summed E-state index contributed by atoms with van der Waals surface area (Å²) in [6.07, 6.45) is 2.21. The van der Waals surface area contributed by atoms with Crippen molar-refractivity contribution in [3.63, 3.8) is 0 Å². The maximum Gasteiger partial charge on any atom is 0.265 e. The third-order valence-corrected chi connectivity index (χ3v) is 6.90. The van der Waals surface area contributed by atoms with Gasteiger partial charge in [-0.05, 0) is 75.9 Å². The smallest absolute Gasteiger partial charge is 0.265 e. The third kappa shape index (κ3) is 5.23. The molecular formula is C21H29Cl2N3O2S. The first-order valence-corrected chi connectivity index (χ1v) is 10.7. The maximum atomic E-state index is 13.1.